The Morgan fingerprint density at radius 1 is 1.47 bits per heavy atom. The zero-order valence-electron chi connectivity index (χ0n) is 9.97. The van der Waals surface area contributed by atoms with E-state index in [9.17, 15) is 0 Å². The molecule has 1 atom stereocenters. The third-order valence-corrected chi connectivity index (χ3v) is 4.51. The molecular formula is C12H10BrClN4S. The minimum Gasteiger partial charge on any atom is -0.360 e. The molecule has 0 saturated heterocycles. The first kappa shape index (κ1) is 12.9. The highest BCUT2D eigenvalue weighted by Crippen LogP contribution is 2.29. The average molecular weight is 358 g/mol. The molecule has 0 aliphatic heterocycles. The number of rotatable bonds is 3. The van der Waals surface area contributed by atoms with E-state index in [-0.39, 0.29) is 6.04 Å². The lowest BCUT2D eigenvalue weighted by Crippen LogP contribution is -2.08. The van der Waals surface area contributed by atoms with E-state index < -0.39 is 0 Å². The summed E-state index contributed by atoms with van der Waals surface area (Å²) in [5.41, 5.74) is 0.803. The summed E-state index contributed by atoms with van der Waals surface area (Å²) >= 11 is 10.9. The van der Waals surface area contributed by atoms with Gasteiger partial charge in [0.15, 0.2) is 11.5 Å². The van der Waals surface area contributed by atoms with Crippen molar-refractivity contribution in [3.8, 4) is 0 Å². The van der Waals surface area contributed by atoms with Crippen LogP contribution in [0.2, 0.25) is 4.34 Å². The molecule has 0 spiro atoms. The van der Waals surface area contributed by atoms with E-state index >= 15 is 0 Å². The predicted octanol–water partition coefficient (Wildman–Crippen LogP) is 4.38. The normalized spacial score (nSPS) is 12.8. The fraction of sp³-hybridized carbons (Fsp3) is 0.167. The van der Waals surface area contributed by atoms with Gasteiger partial charge in [0.2, 0.25) is 0 Å². The van der Waals surface area contributed by atoms with E-state index in [0.29, 0.717) is 0 Å². The lowest BCUT2D eigenvalue weighted by atomic mass is 10.3. The van der Waals surface area contributed by atoms with Gasteiger partial charge in [-0.3, -0.25) is 0 Å². The zero-order chi connectivity index (χ0) is 13.4. The van der Waals surface area contributed by atoms with Gasteiger partial charge in [-0.05, 0) is 35.0 Å². The van der Waals surface area contributed by atoms with Gasteiger partial charge in [-0.25, -0.2) is 9.97 Å². The number of fused-ring (bicyclic) bond motifs is 1. The van der Waals surface area contributed by atoms with Crippen LogP contribution in [0.15, 0.2) is 35.3 Å². The van der Waals surface area contributed by atoms with Gasteiger partial charge >= 0.3 is 0 Å². The number of halogens is 2. The lowest BCUT2D eigenvalue weighted by Gasteiger charge is -2.13. The SMILES string of the molecule is CC(Nc1nc(Br)cn2ccnc12)c1ccc(Cl)s1. The third kappa shape index (κ3) is 2.61. The predicted molar refractivity (Wildman–Crippen MR) is 82.1 cm³/mol. The fourth-order valence-corrected chi connectivity index (χ4v) is 3.30. The molecule has 0 aliphatic carbocycles. The van der Waals surface area contributed by atoms with Crippen LogP contribution in [0, 0.1) is 0 Å². The molecule has 3 aromatic heterocycles. The van der Waals surface area contributed by atoms with Crippen LogP contribution in [-0.4, -0.2) is 14.4 Å². The smallest absolute Gasteiger partial charge is 0.180 e. The van der Waals surface area contributed by atoms with Crippen LogP contribution in [0.3, 0.4) is 0 Å². The van der Waals surface area contributed by atoms with Crippen LogP contribution in [0.25, 0.3) is 5.65 Å². The highest BCUT2D eigenvalue weighted by atomic mass is 79.9. The van der Waals surface area contributed by atoms with Crippen molar-refractivity contribution in [2.24, 2.45) is 0 Å². The second-order valence-corrected chi connectivity index (χ2v) is 6.64. The molecule has 0 saturated carbocycles. The second kappa shape index (κ2) is 5.11. The Labute approximate surface area is 127 Å². The molecule has 19 heavy (non-hydrogen) atoms. The molecule has 3 heterocycles. The minimum absolute atomic E-state index is 0.125. The summed E-state index contributed by atoms with van der Waals surface area (Å²) in [6.45, 7) is 2.07. The van der Waals surface area contributed by atoms with E-state index in [0.717, 1.165) is 25.3 Å². The Morgan fingerprint density at radius 3 is 3.05 bits per heavy atom. The summed E-state index contributed by atoms with van der Waals surface area (Å²) in [6, 6.07) is 4.05. The highest BCUT2D eigenvalue weighted by molar-refractivity contribution is 9.10. The molecule has 0 bridgehead atoms. The Bertz CT molecular complexity index is 723. The topological polar surface area (TPSA) is 42.2 Å². The average Bonchev–Trinajstić information content (AvgIpc) is 2.97. The first-order valence-corrected chi connectivity index (χ1v) is 7.63. The Morgan fingerprint density at radius 2 is 2.32 bits per heavy atom. The van der Waals surface area contributed by atoms with Crippen molar-refractivity contribution in [1.82, 2.24) is 14.4 Å². The molecule has 0 aliphatic rings. The van der Waals surface area contributed by atoms with Crippen molar-refractivity contribution >= 4 is 50.3 Å². The highest BCUT2D eigenvalue weighted by Gasteiger charge is 2.12. The number of thiophene rings is 1. The van der Waals surface area contributed by atoms with Gasteiger partial charge < -0.3 is 9.72 Å². The van der Waals surface area contributed by atoms with E-state index in [4.69, 9.17) is 11.6 Å². The van der Waals surface area contributed by atoms with Gasteiger partial charge in [0.25, 0.3) is 0 Å². The summed E-state index contributed by atoms with van der Waals surface area (Å²) < 4.78 is 3.47. The van der Waals surface area contributed by atoms with E-state index in [1.165, 1.54) is 0 Å². The van der Waals surface area contributed by atoms with Gasteiger partial charge in [-0.2, -0.15) is 0 Å². The van der Waals surface area contributed by atoms with Crippen molar-refractivity contribution in [3.05, 3.63) is 44.5 Å². The standard InChI is InChI=1S/C12H10BrClN4S/c1-7(8-2-3-10(14)19-8)16-11-12-15-4-5-18(12)6-9(13)17-11/h2-7H,1H3,(H,16,17). The largest absolute Gasteiger partial charge is 0.360 e. The number of nitrogens with one attached hydrogen (secondary N) is 1. The van der Waals surface area contributed by atoms with Crippen LogP contribution in [-0.2, 0) is 0 Å². The summed E-state index contributed by atoms with van der Waals surface area (Å²) in [7, 11) is 0. The maximum Gasteiger partial charge on any atom is 0.180 e. The molecule has 0 aromatic carbocycles. The van der Waals surface area contributed by atoms with Gasteiger partial charge in [-0.1, -0.05) is 11.6 Å². The van der Waals surface area contributed by atoms with Gasteiger partial charge in [0.05, 0.1) is 10.4 Å². The quantitative estimate of drug-likeness (QED) is 0.756. The Kier molecular flexibility index (Phi) is 3.47. The number of anilines is 1. The molecule has 0 amide bonds. The van der Waals surface area contributed by atoms with Crippen molar-refractivity contribution < 1.29 is 0 Å². The zero-order valence-corrected chi connectivity index (χ0v) is 13.1. The molecule has 3 aromatic rings. The monoisotopic (exact) mass is 356 g/mol. The van der Waals surface area contributed by atoms with E-state index in [1.807, 2.05) is 28.9 Å². The van der Waals surface area contributed by atoms with Crippen molar-refractivity contribution in [3.63, 3.8) is 0 Å². The molecule has 4 nitrogen and oxygen atoms in total. The van der Waals surface area contributed by atoms with Crippen LogP contribution in [0.1, 0.15) is 17.8 Å². The Hall–Kier alpha value is -1.11. The fourth-order valence-electron chi connectivity index (χ4n) is 1.84. The molecule has 0 fully saturated rings. The second-order valence-electron chi connectivity index (χ2n) is 4.08. The van der Waals surface area contributed by atoms with Crippen LogP contribution in [0.5, 0.6) is 0 Å². The van der Waals surface area contributed by atoms with Crippen molar-refractivity contribution in [1.29, 1.82) is 0 Å². The minimum atomic E-state index is 0.125. The van der Waals surface area contributed by atoms with Crippen molar-refractivity contribution in [2.75, 3.05) is 5.32 Å². The molecule has 0 radical (unpaired) electrons. The molecule has 7 heteroatoms. The van der Waals surface area contributed by atoms with Gasteiger partial charge in [0, 0.05) is 23.5 Å². The van der Waals surface area contributed by atoms with Crippen molar-refractivity contribution in [2.45, 2.75) is 13.0 Å². The molecule has 3 rings (SSSR count). The number of nitrogens with zero attached hydrogens (tertiary/aromatic N) is 3. The van der Waals surface area contributed by atoms with Crippen LogP contribution >= 0.6 is 38.9 Å². The number of hydrogen-bond acceptors (Lipinski definition) is 4. The summed E-state index contributed by atoms with van der Waals surface area (Å²) in [5.74, 6) is 0.747. The van der Waals surface area contributed by atoms with Gasteiger partial charge in [-0.15, -0.1) is 11.3 Å². The number of imidazole rings is 1. The molecular weight excluding hydrogens is 348 g/mol. The third-order valence-electron chi connectivity index (χ3n) is 2.72. The lowest BCUT2D eigenvalue weighted by molar-refractivity contribution is 0.891. The Balaban J connectivity index is 1.94. The summed E-state index contributed by atoms with van der Waals surface area (Å²) in [5, 5.41) is 3.37. The van der Waals surface area contributed by atoms with Crippen LogP contribution < -0.4 is 5.32 Å². The molecule has 1 N–H and O–H groups in total. The van der Waals surface area contributed by atoms with E-state index in [2.05, 4.69) is 38.1 Å². The van der Waals surface area contributed by atoms with Gasteiger partial charge in [0.1, 0.15) is 4.60 Å². The van der Waals surface area contributed by atoms with E-state index in [1.54, 1.807) is 17.5 Å². The van der Waals surface area contributed by atoms with Crippen LogP contribution in [0.4, 0.5) is 5.82 Å². The maximum absolute atomic E-state index is 5.96. The first-order valence-electron chi connectivity index (χ1n) is 5.64. The summed E-state index contributed by atoms with van der Waals surface area (Å²) in [4.78, 5) is 9.91. The molecule has 98 valence electrons. The summed E-state index contributed by atoms with van der Waals surface area (Å²) in [6.07, 6.45) is 5.52. The first-order chi connectivity index (χ1) is 9.13. The maximum atomic E-state index is 5.96. The number of hydrogen-bond donors (Lipinski definition) is 1. The number of aromatic nitrogens is 3. The molecule has 1 unspecified atom stereocenters.